The number of nitrogens with one attached hydrogen (secondary N) is 1. The van der Waals surface area contributed by atoms with Gasteiger partial charge in [-0.2, -0.15) is 0 Å². The normalized spacial score (nSPS) is 13.6. The van der Waals surface area contributed by atoms with Gasteiger partial charge in [-0.05, 0) is 51.3 Å². The summed E-state index contributed by atoms with van der Waals surface area (Å²) < 4.78 is 5.45. The molecule has 1 heterocycles. The van der Waals surface area contributed by atoms with E-state index in [0.29, 0.717) is 24.2 Å². The summed E-state index contributed by atoms with van der Waals surface area (Å²) in [6.45, 7) is 7.55. The van der Waals surface area contributed by atoms with E-state index < -0.39 is 5.60 Å². The number of rotatable bonds is 6. The molecule has 0 saturated carbocycles. The van der Waals surface area contributed by atoms with E-state index in [4.69, 9.17) is 4.42 Å². The minimum absolute atomic E-state index is 0.0635. The Kier molecular flexibility index (Phi) is 5.26. The van der Waals surface area contributed by atoms with E-state index in [2.05, 4.69) is 5.32 Å². The number of hydrogen-bond donors (Lipinski definition) is 2. The molecule has 1 aromatic heterocycles. The number of hydrogen-bond acceptors (Lipinski definition) is 3. The molecule has 0 aliphatic rings. The SMILES string of the molecule is Cc1cc(C(C)(O)CNC(=O)CCc2ccccc2C)c(C)o1. The number of amides is 1. The van der Waals surface area contributed by atoms with Crippen LogP contribution in [0.5, 0.6) is 0 Å². The van der Waals surface area contributed by atoms with E-state index in [1.165, 1.54) is 11.1 Å². The fourth-order valence-electron chi connectivity index (χ4n) is 2.76. The van der Waals surface area contributed by atoms with E-state index in [1.807, 2.05) is 51.1 Å². The summed E-state index contributed by atoms with van der Waals surface area (Å²) in [7, 11) is 0. The van der Waals surface area contributed by atoms with Crippen molar-refractivity contribution in [1.82, 2.24) is 5.32 Å². The molecule has 0 aliphatic heterocycles. The minimum Gasteiger partial charge on any atom is -0.466 e. The first-order valence-corrected chi connectivity index (χ1v) is 7.90. The third-order valence-corrected chi connectivity index (χ3v) is 4.13. The fraction of sp³-hybridized carbons (Fsp3) is 0.421. The highest BCUT2D eigenvalue weighted by atomic mass is 16.3. The topological polar surface area (TPSA) is 62.5 Å². The van der Waals surface area contributed by atoms with Gasteiger partial charge in [0.1, 0.15) is 17.1 Å². The Morgan fingerprint density at radius 1 is 1.26 bits per heavy atom. The van der Waals surface area contributed by atoms with Crippen molar-refractivity contribution in [2.24, 2.45) is 0 Å². The number of furan rings is 1. The average Bonchev–Trinajstić information content (AvgIpc) is 2.84. The summed E-state index contributed by atoms with van der Waals surface area (Å²) in [5, 5.41) is 13.4. The van der Waals surface area contributed by atoms with Gasteiger partial charge in [-0.3, -0.25) is 4.79 Å². The van der Waals surface area contributed by atoms with E-state index in [1.54, 1.807) is 6.92 Å². The zero-order chi connectivity index (χ0) is 17.0. The second kappa shape index (κ2) is 7.01. The van der Waals surface area contributed by atoms with Crippen molar-refractivity contribution in [2.45, 2.75) is 46.1 Å². The van der Waals surface area contributed by atoms with E-state index in [-0.39, 0.29) is 12.5 Å². The van der Waals surface area contributed by atoms with Gasteiger partial charge in [-0.1, -0.05) is 24.3 Å². The molecule has 4 heteroatoms. The highest BCUT2D eigenvalue weighted by Gasteiger charge is 2.28. The van der Waals surface area contributed by atoms with E-state index >= 15 is 0 Å². The lowest BCUT2D eigenvalue weighted by atomic mass is 9.96. The van der Waals surface area contributed by atoms with Gasteiger partial charge in [0.05, 0.1) is 6.54 Å². The molecule has 1 atom stereocenters. The summed E-state index contributed by atoms with van der Waals surface area (Å²) in [4.78, 5) is 12.1. The van der Waals surface area contributed by atoms with Crippen LogP contribution in [0.4, 0.5) is 0 Å². The quantitative estimate of drug-likeness (QED) is 0.860. The summed E-state index contributed by atoms with van der Waals surface area (Å²) in [6.07, 6.45) is 1.11. The van der Waals surface area contributed by atoms with Crippen molar-refractivity contribution >= 4 is 5.91 Å². The van der Waals surface area contributed by atoms with E-state index in [9.17, 15) is 9.90 Å². The molecule has 0 radical (unpaired) electrons. The number of aliphatic hydroxyl groups is 1. The summed E-state index contributed by atoms with van der Waals surface area (Å²) in [5.74, 6) is 1.37. The molecule has 1 aromatic carbocycles. The van der Waals surface area contributed by atoms with Crippen molar-refractivity contribution in [3.8, 4) is 0 Å². The first-order chi connectivity index (χ1) is 10.8. The molecule has 2 N–H and O–H groups in total. The molecule has 2 rings (SSSR count). The second-order valence-corrected chi connectivity index (χ2v) is 6.30. The van der Waals surface area contributed by atoms with Crippen molar-refractivity contribution < 1.29 is 14.3 Å². The Hall–Kier alpha value is -2.07. The highest BCUT2D eigenvalue weighted by Crippen LogP contribution is 2.26. The number of carbonyl (C=O) groups excluding carboxylic acids is 1. The zero-order valence-corrected chi connectivity index (χ0v) is 14.3. The molecular weight excluding hydrogens is 290 g/mol. The van der Waals surface area contributed by atoms with Crippen LogP contribution in [0.3, 0.4) is 0 Å². The van der Waals surface area contributed by atoms with Crippen molar-refractivity contribution in [3.63, 3.8) is 0 Å². The lowest BCUT2D eigenvalue weighted by molar-refractivity contribution is -0.122. The van der Waals surface area contributed by atoms with Crippen LogP contribution in [0.25, 0.3) is 0 Å². The van der Waals surface area contributed by atoms with Gasteiger partial charge in [0, 0.05) is 12.0 Å². The van der Waals surface area contributed by atoms with Gasteiger partial charge < -0.3 is 14.8 Å². The molecule has 124 valence electrons. The van der Waals surface area contributed by atoms with Crippen LogP contribution in [0.15, 0.2) is 34.7 Å². The molecule has 0 aliphatic carbocycles. The highest BCUT2D eigenvalue weighted by molar-refractivity contribution is 5.76. The van der Waals surface area contributed by atoms with Crippen LogP contribution in [-0.4, -0.2) is 17.6 Å². The predicted octanol–water partition coefficient (Wildman–Crippen LogP) is 3.16. The Bertz CT molecular complexity index is 686. The van der Waals surface area contributed by atoms with Crippen LogP contribution in [0.2, 0.25) is 0 Å². The Morgan fingerprint density at radius 2 is 1.96 bits per heavy atom. The van der Waals surface area contributed by atoms with Crippen LogP contribution in [-0.2, 0) is 16.8 Å². The average molecular weight is 315 g/mol. The first-order valence-electron chi connectivity index (χ1n) is 7.90. The minimum atomic E-state index is -1.14. The smallest absolute Gasteiger partial charge is 0.220 e. The maximum absolute atomic E-state index is 12.1. The maximum Gasteiger partial charge on any atom is 0.220 e. The lowest BCUT2D eigenvalue weighted by Gasteiger charge is -2.23. The standard InChI is InChI=1S/C19H25NO3/c1-13-7-5-6-8-16(13)9-10-18(21)20-12-19(4,22)17-11-14(2)23-15(17)3/h5-8,11,22H,9-10,12H2,1-4H3,(H,20,21). The van der Waals surface area contributed by atoms with Crippen molar-refractivity contribution in [1.29, 1.82) is 0 Å². The Labute approximate surface area is 137 Å². The maximum atomic E-state index is 12.1. The van der Waals surface area contributed by atoms with Gasteiger partial charge in [-0.25, -0.2) is 0 Å². The predicted molar refractivity (Wildman–Crippen MR) is 90.3 cm³/mol. The third kappa shape index (κ3) is 4.45. The molecule has 1 unspecified atom stereocenters. The number of aryl methyl sites for hydroxylation is 4. The first kappa shape index (κ1) is 17.3. The molecule has 2 aromatic rings. The van der Waals surface area contributed by atoms with Gasteiger partial charge in [0.15, 0.2) is 0 Å². The van der Waals surface area contributed by atoms with Crippen LogP contribution >= 0.6 is 0 Å². The Balaban J connectivity index is 1.89. The molecule has 4 nitrogen and oxygen atoms in total. The number of carbonyl (C=O) groups is 1. The van der Waals surface area contributed by atoms with Gasteiger partial charge >= 0.3 is 0 Å². The van der Waals surface area contributed by atoms with Crippen LogP contribution in [0, 0.1) is 20.8 Å². The van der Waals surface area contributed by atoms with Crippen LogP contribution < -0.4 is 5.32 Å². The summed E-state index contributed by atoms with van der Waals surface area (Å²) in [6, 6.07) is 9.87. The molecule has 0 saturated heterocycles. The Morgan fingerprint density at radius 3 is 2.57 bits per heavy atom. The fourth-order valence-corrected chi connectivity index (χ4v) is 2.76. The van der Waals surface area contributed by atoms with Gasteiger partial charge in [0.25, 0.3) is 0 Å². The van der Waals surface area contributed by atoms with Crippen molar-refractivity contribution in [3.05, 3.63) is 58.5 Å². The summed E-state index contributed by atoms with van der Waals surface area (Å²) in [5.41, 5.74) is 1.95. The molecule has 23 heavy (non-hydrogen) atoms. The molecule has 0 bridgehead atoms. The molecule has 0 spiro atoms. The molecular formula is C19H25NO3. The van der Waals surface area contributed by atoms with Crippen LogP contribution in [0.1, 0.15) is 41.6 Å². The largest absolute Gasteiger partial charge is 0.466 e. The summed E-state index contributed by atoms with van der Waals surface area (Å²) >= 11 is 0. The monoisotopic (exact) mass is 315 g/mol. The molecule has 1 amide bonds. The lowest BCUT2D eigenvalue weighted by Crippen LogP contribution is -2.38. The van der Waals surface area contributed by atoms with Crippen molar-refractivity contribution in [2.75, 3.05) is 6.54 Å². The number of benzene rings is 1. The van der Waals surface area contributed by atoms with Gasteiger partial charge in [0.2, 0.25) is 5.91 Å². The third-order valence-electron chi connectivity index (χ3n) is 4.13. The zero-order valence-electron chi connectivity index (χ0n) is 14.3. The second-order valence-electron chi connectivity index (χ2n) is 6.30. The molecule has 0 fully saturated rings. The van der Waals surface area contributed by atoms with E-state index in [0.717, 1.165) is 5.76 Å². The van der Waals surface area contributed by atoms with Gasteiger partial charge in [-0.15, -0.1) is 0 Å².